The maximum Gasteiger partial charge on any atom is 0.243 e. The van der Waals surface area contributed by atoms with E-state index in [-0.39, 0.29) is 23.9 Å². The molecule has 41 heavy (non-hydrogen) atoms. The summed E-state index contributed by atoms with van der Waals surface area (Å²) in [4.78, 5) is 20.1. The molecule has 11 heteroatoms. The van der Waals surface area contributed by atoms with E-state index in [1.54, 1.807) is 61.4 Å². The maximum atomic E-state index is 13.5. The molecule has 0 atom stereocenters. The van der Waals surface area contributed by atoms with E-state index in [1.165, 1.54) is 4.31 Å². The number of aryl methyl sites for hydroxylation is 1. The van der Waals surface area contributed by atoms with Crippen molar-refractivity contribution in [1.82, 2.24) is 18.8 Å². The van der Waals surface area contributed by atoms with E-state index in [2.05, 4.69) is 10.3 Å². The molecule has 3 aromatic carbocycles. The molecule has 216 valence electrons. The predicted octanol–water partition coefficient (Wildman–Crippen LogP) is 4.06. The van der Waals surface area contributed by atoms with Gasteiger partial charge >= 0.3 is 0 Å². The smallest absolute Gasteiger partial charge is 0.243 e. The van der Waals surface area contributed by atoms with Crippen molar-refractivity contribution in [3.8, 4) is 28.4 Å². The summed E-state index contributed by atoms with van der Waals surface area (Å²) in [6.45, 7) is 2.08. The second kappa shape index (κ2) is 13.0. The Morgan fingerprint density at radius 2 is 1.61 bits per heavy atom. The van der Waals surface area contributed by atoms with Crippen LogP contribution in [0.15, 0.2) is 83.9 Å². The molecule has 0 aliphatic rings. The van der Waals surface area contributed by atoms with Crippen LogP contribution in [0, 0.1) is 6.92 Å². The van der Waals surface area contributed by atoms with Crippen LogP contribution in [0.1, 0.15) is 5.56 Å². The number of ether oxygens (including phenoxy) is 2. The number of anilines is 1. The average Bonchev–Trinajstić information content (AvgIpc) is 3.38. The number of hydrogen-bond acceptors (Lipinski definition) is 7. The number of nitrogens with one attached hydrogen (secondary N) is 1. The van der Waals surface area contributed by atoms with Gasteiger partial charge in [0.15, 0.2) is 11.5 Å². The standard InChI is InChI=1S/C30H35N5O5S/c1-22-11-14-25(15-12-22)41(37,38)34(18-17-33(2)3)21-29(36)32-30-31-26(23-9-7-6-8-10-23)20-35(30)24-13-16-27(39-4)28(19-24)40-5/h6-16,19-20H,17-18,21H2,1-5H3,(H,31,32,36). The van der Waals surface area contributed by atoms with Crippen LogP contribution < -0.4 is 14.8 Å². The number of amides is 1. The first kappa shape index (κ1) is 29.8. The Labute approximate surface area is 241 Å². The molecule has 4 aromatic rings. The summed E-state index contributed by atoms with van der Waals surface area (Å²) in [5.74, 6) is 0.784. The third kappa shape index (κ3) is 7.12. The van der Waals surface area contributed by atoms with Gasteiger partial charge in [-0.25, -0.2) is 13.4 Å². The minimum atomic E-state index is -3.93. The van der Waals surface area contributed by atoms with Crippen molar-refractivity contribution in [2.45, 2.75) is 11.8 Å². The van der Waals surface area contributed by atoms with E-state index in [9.17, 15) is 13.2 Å². The topological polar surface area (TPSA) is 106 Å². The fourth-order valence-corrected chi connectivity index (χ4v) is 5.55. The van der Waals surface area contributed by atoms with Crippen molar-refractivity contribution in [1.29, 1.82) is 0 Å². The normalized spacial score (nSPS) is 11.6. The monoisotopic (exact) mass is 577 g/mol. The first-order valence-corrected chi connectivity index (χ1v) is 14.4. The summed E-state index contributed by atoms with van der Waals surface area (Å²) in [7, 11) is 2.87. The molecule has 10 nitrogen and oxygen atoms in total. The van der Waals surface area contributed by atoms with Crippen LogP contribution in [-0.4, -0.2) is 81.0 Å². The third-order valence-corrected chi connectivity index (χ3v) is 8.31. The zero-order chi connectivity index (χ0) is 29.6. The quantitative estimate of drug-likeness (QED) is 0.271. The number of benzene rings is 3. The van der Waals surface area contributed by atoms with Crippen LogP contribution in [0.2, 0.25) is 0 Å². The van der Waals surface area contributed by atoms with Gasteiger partial charge in [-0.15, -0.1) is 0 Å². The van der Waals surface area contributed by atoms with Crippen molar-refractivity contribution in [3.63, 3.8) is 0 Å². The Hall–Kier alpha value is -4.19. The molecular formula is C30H35N5O5S. The molecule has 0 fully saturated rings. The zero-order valence-corrected chi connectivity index (χ0v) is 24.7. The minimum absolute atomic E-state index is 0.132. The average molecular weight is 578 g/mol. The molecule has 1 amide bonds. The number of hydrogen-bond donors (Lipinski definition) is 1. The van der Waals surface area contributed by atoms with E-state index in [1.807, 2.05) is 62.3 Å². The van der Waals surface area contributed by atoms with Crippen LogP contribution in [0.5, 0.6) is 11.5 Å². The first-order chi connectivity index (χ1) is 19.6. The third-order valence-electron chi connectivity index (χ3n) is 6.45. The lowest BCUT2D eigenvalue weighted by Gasteiger charge is -2.23. The molecule has 0 bridgehead atoms. The lowest BCUT2D eigenvalue weighted by molar-refractivity contribution is -0.116. The van der Waals surface area contributed by atoms with E-state index >= 15 is 0 Å². The number of sulfonamides is 1. The van der Waals surface area contributed by atoms with E-state index in [0.29, 0.717) is 29.4 Å². The van der Waals surface area contributed by atoms with Gasteiger partial charge in [0, 0.05) is 30.9 Å². The van der Waals surface area contributed by atoms with Gasteiger partial charge in [-0.1, -0.05) is 48.0 Å². The van der Waals surface area contributed by atoms with Gasteiger partial charge in [-0.05, 0) is 45.3 Å². The Balaban J connectivity index is 1.68. The summed E-state index contributed by atoms with van der Waals surface area (Å²) in [6, 6.07) is 21.5. The Kier molecular flexibility index (Phi) is 9.43. The van der Waals surface area contributed by atoms with Crippen molar-refractivity contribution < 1.29 is 22.7 Å². The molecular weight excluding hydrogens is 542 g/mol. The fourth-order valence-electron chi connectivity index (χ4n) is 4.17. The summed E-state index contributed by atoms with van der Waals surface area (Å²) in [5, 5.41) is 2.84. The number of carbonyl (C=O) groups excluding carboxylic acids is 1. The molecule has 4 rings (SSSR count). The maximum absolute atomic E-state index is 13.5. The van der Waals surface area contributed by atoms with Crippen LogP contribution in [0.4, 0.5) is 5.95 Å². The SMILES string of the molecule is COc1ccc(-n2cc(-c3ccccc3)nc2NC(=O)CN(CCN(C)C)S(=O)(=O)c2ccc(C)cc2)cc1OC. The van der Waals surface area contributed by atoms with Gasteiger partial charge in [0.05, 0.1) is 37.0 Å². The Bertz CT molecular complexity index is 1590. The van der Waals surface area contributed by atoms with Crippen LogP contribution >= 0.6 is 0 Å². The highest BCUT2D eigenvalue weighted by molar-refractivity contribution is 7.89. The largest absolute Gasteiger partial charge is 0.493 e. The lowest BCUT2D eigenvalue weighted by Crippen LogP contribution is -2.41. The first-order valence-electron chi connectivity index (χ1n) is 13.0. The highest BCUT2D eigenvalue weighted by atomic mass is 32.2. The molecule has 0 spiro atoms. The van der Waals surface area contributed by atoms with Crippen LogP contribution in [-0.2, 0) is 14.8 Å². The number of nitrogens with zero attached hydrogens (tertiary/aromatic N) is 4. The predicted molar refractivity (Wildman–Crippen MR) is 159 cm³/mol. The zero-order valence-electron chi connectivity index (χ0n) is 23.9. The van der Waals surface area contributed by atoms with Crippen LogP contribution in [0.25, 0.3) is 16.9 Å². The molecule has 1 N–H and O–H groups in total. The second-order valence-corrected chi connectivity index (χ2v) is 11.7. The summed E-state index contributed by atoms with van der Waals surface area (Å²) in [6.07, 6.45) is 1.80. The van der Waals surface area contributed by atoms with Gasteiger partial charge in [0.25, 0.3) is 0 Å². The second-order valence-electron chi connectivity index (χ2n) is 9.73. The molecule has 1 aromatic heterocycles. The van der Waals surface area contributed by atoms with Crippen molar-refractivity contribution in [3.05, 3.63) is 84.6 Å². The summed E-state index contributed by atoms with van der Waals surface area (Å²) < 4.78 is 40.8. The number of imidazole rings is 1. The molecule has 0 unspecified atom stereocenters. The van der Waals surface area contributed by atoms with E-state index in [4.69, 9.17) is 9.47 Å². The number of likely N-dealkylation sites (N-methyl/N-ethyl adjacent to an activating group) is 1. The highest BCUT2D eigenvalue weighted by Gasteiger charge is 2.27. The Morgan fingerprint density at radius 3 is 2.24 bits per heavy atom. The van der Waals surface area contributed by atoms with Gasteiger partial charge in [0.1, 0.15) is 0 Å². The number of rotatable bonds is 12. The van der Waals surface area contributed by atoms with Crippen molar-refractivity contribution >= 4 is 21.9 Å². The van der Waals surface area contributed by atoms with Crippen molar-refractivity contribution in [2.24, 2.45) is 0 Å². The van der Waals surface area contributed by atoms with Gasteiger partial charge in [-0.3, -0.25) is 14.7 Å². The summed E-state index contributed by atoms with van der Waals surface area (Å²) in [5.41, 5.74) is 3.10. The minimum Gasteiger partial charge on any atom is -0.493 e. The molecule has 0 saturated heterocycles. The molecule has 1 heterocycles. The Morgan fingerprint density at radius 1 is 0.927 bits per heavy atom. The van der Waals surface area contributed by atoms with Crippen LogP contribution in [0.3, 0.4) is 0 Å². The molecule has 0 radical (unpaired) electrons. The van der Waals surface area contributed by atoms with Gasteiger partial charge < -0.3 is 14.4 Å². The lowest BCUT2D eigenvalue weighted by atomic mass is 10.2. The highest BCUT2D eigenvalue weighted by Crippen LogP contribution is 2.32. The molecule has 0 saturated carbocycles. The van der Waals surface area contributed by atoms with Crippen molar-refractivity contribution in [2.75, 3.05) is 53.3 Å². The van der Waals surface area contributed by atoms with Gasteiger partial charge in [-0.2, -0.15) is 4.31 Å². The number of carbonyl (C=O) groups is 1. The van der Waals surface area contributed by atoms with E-state index < -0.39 is 15.9 Å². The van der Waals surface area contributed by atoms with E-state index in [0.717, 1.165) is 11.1 Å². The molecule has 0 aliphatic carbocycles. The fraction of sp³-hybridized carbons (Fsp3) is 0.267. The number of methoxy groups -OCH3 is 2. The number of aromatic nitrogens is 2. The van der Waals surface area contributed by atoms with Gasteiger partial charge in [0.2, 0.25) is 21.9 Å². The summed E-state index contributed by atoms with van der Waals surface area (Å²) >= 11 is 0. The molecule has 0 aliphatic heterocycles.